The highest BCUT2D eigenvalue weighted by Crippen LogP contribution is 2.09. The molecule has 0 heterocycles. The minimum Gasteiger partial charge on any atom is -0.302 e. The van der Waals surface area contributed by atoms with Crippen LogP contribution >= 0.6 is 11.6 Å². The molecule has 1 nitrogen and oxygen atoms in total. The van der Waals surface area contributed by atoms with Crippen molar-refractivity contribution in [3.05, 3.63) is 0 Å². The van der Waals surface area contributed by atoms with Crippen molar-refractivity contribution in [1.82, 2.24) is 4.90 Å². The maximum Gasteiger partial charge on any atom is 0.0351 e. The molecule has 0 unspecified atom stereocenters. The molecule has 0 fully saturated rings. The average Bonchev–Trinajstić information content (AvgIpc) is 2.33. The van der Waals surface area contributed by atoms with Gasteiger partial charge in [0.25, 0.3) is 0 Å². The minimum atomic E-state index is 0.775. The van der Waals surface area contributed by atoms with Crippen LogP contribution in [0.1, 0.15) is 71.6 Å². The Labute approximate surface area is 114 Å². The van der Waals surface area contributed by atoms with Crippen molar-refractivity contribution >= 4 is 11.6 Å². The molecule has 0 aliphatic carbocycles. The van der Waals surface area contributed by atoms with Crippen molar-refractivity contribution in [3.63, 3.8) is 0 Å². The quantitative estimate of drug-likeness (QED) is 0.330. The van der Waals surface area contributed by atoms with Crippen LogP contribution < -0.4 is 0 Å². The molecule has 0 aliphatic heterocycles. The molecule has 0 rings (SSSR count). The first-order valence-electron chi connectivity index (χ1n) is 7.63. The zero-order chi connectivity index (χ0) is 12.8. The van der Waals surface area contributed by atoms with Gasteiger partial charge >= 0.3 is 0 Å². The van der Waals surface area contributed by atoms with Gasteiger partial charge in [0.2, 0.25) is 0 Å². The molecule has 0 spiro atoms. The first-order valence-corrected chi connectivity index (χ1v) is 8.16. The van der Waals surface area contributed by atoms with E-state index in [0.29, 0.717) is 0 Å². The number of unbranched alkanes of at least 4 members (excludes halogenated alkanes) is 7. The van der Waals surface area contributed by atoms with E-state index in [1.807, 2.05) is 0 Å². The third-order valence-corrected chi connectivity index (χ3v) is 3.44. The molecule has 0 aliphatic rings. The number of nitrogens with zero attached hydrogens (tertiary/aromatic N) is 1. The van der Waals surface area contributed by atoms with Crippen LogP contribution in [0.4, 0.5) is 0 Å². The summed E-state index contributed by atoms with van der Waals surface area (Å²) in [4.78, 5) is 2.50. The van der Waals surface area contributed by atoms with Gasteiger partial charge in [-0.2, -0.15) is 0 Å². The Kier molecular flexibility index (Phi) is 14.5. The second-order valence-electron chi connectivity index (χ2n) is 5.01. The van der Waals surface area contributed by atoms with Crippen molar-refractivity contribution in [2.24, 2.45) is 0 Å². The van der Waals surface area contributed by atoms with Crippen LogP contribution in [0.3, 0.4) is 0 Å². The molecule has 0 saturated carbocycles. The SMILES string of the molecule is CCCCCCCCCCN(CCC)CCCl. The van der Waals surface area contributed by atoms with Crippen molar-refractivity contribution in [2.45, 2.75) is 71.6 Å². The second-order valence-corrected chi connectivity index (χ2v) is 5.38. The molecular formula is C15H32ClN. The predicted octanol–water partition coefficient (Wildman–Crippen LogP) is 5.08. The zero-order valence-corrected chi connectivity index (χ0v) is 12.8. The summed E-state index contributed by atoms with van der Waals surface area (Å²) in [5.41, 5.74) is 0. The normalized spacial score (nSPS) is 11.3. The van der Waals surface area contributed by atoms with Crippen LogP contribution in [-0.2, 0) is 0 Å². The molecule has 0 aromatic carbocycles. The fourth-order valence-electron chi connectivity index (χ4n) is 2.24. The number of hydrogen-bond donors (Lipinski definition) is 0. The highest BCUT2D eigenvalue weighted by Gasteiger charge is 2.01. The number of rotatable bonds is 13. The summed E-state index contributed by atoms with van der Waals surface area (Å²) in [5, 5.41) is 0. The highest BCUT2D eigenvalue weighted by atomic mass is 35.5. The van der Waals surface area contributed by atoms with Gasteiger partial charge in [-0.3, -0.25) is 0 Å². The summed E-state index contributed by atoms with van der Waals surface area (Å²) in [6.45, 7) is 8.04. The molecule has 17 heavy (non-hydrogen) atoms. The van der Waals surface area contributed by atoms with Gasteiger partial charge in [0, 0.05) is 12.4 Å². The molecule has 0 atom stereocenters. The summed E-state index contributed by atoms with van der Waals surface area (Å²) in [6.07, 6.45) is 12.5. The largest absolute Gasteiger partial charge is 0.302 e. The fourth-order valence-corrected chi connectivity index (χ4v) is 2.48. The van der Waals surface area contributed by atoms with Crippen molar-refractivity contribution in [3.8, 4) is 0 Å². The van der Waals surface area contributed by atoms with Gasteiger partial charge in [-0.1, -0.05) is 58.8 Å². The smallest absolute Gasteiger partial charge is 0.0351 e. The van der Waals surface area contributed by atoms with Crippen LogP contribution in [0.15, 0.2) is 0 Å². The lowest BCUT2D eigenvalue weighted by molar-refractivity contribution is 0.282. The first kappa shape index (κ1) is 17.2. The maximum atomic E-state index is 5.80. The zero-order valence-electron chi connectivity index (χ0n) is 12.0. The van der Waals surface area contributed by atoms with Gasteiger partial charge in [-0.25, -0.2) is 0 Å². The van der Waals surface area contributed by atoms with Crippen LogP contribution in [0.25, 0.3) is 0 Å². The summed E-state index contributed by atoms with van der Waals surface area (Å²) in [7, 11) is 0. The Morgan fingerprint density at radius 1 is 0.647 bits per heavy atom. The molecule has 0 saturated heterocycles. The van der Waals surface area contributed by atoms with Crippen molar-refractivity contribution in [2.75, 3.05) is 25.5 Å². The van der Waals surface area contributed by atoms with E-state index in [-0.39, 0.29) is 0 Å². The molecule has 0 bridgehead atoms. The molecule has 0 aromatic heterocycles. The van der Waals surface area contributed by atoms with Crippen molar-refractivity contribution < 1.29 is 0 Å². The summed E-state index contributed by atoms with van der Waals surface area (Å²) < 4.78 is 0. The van der Waals surface area contributed by atoms with Crippen LogP contribution in [0.2, 0.25) is 0 Å². The summed E-state index contributed by atoms with van der Waals surface area (Å²) >= 11 is 5.80. The van der Waals surface area contributed by atoms with E-state index < -0.39 is 0 Å². The Hall–Kier alpha value is 0.250. The number of alkyl halides is 1. The van der Waals surface area contributed by atoms with Gasteiger partial charge < -0.3 is 4.90 Å². The van der Waals surface area contributed by atoms with Gasteiger partial charge in [0.05, 0.1) is 0 Å². The molecular weight excluding hydrogens is 230 g/mol. The molecule has 2 heteroatoms. The Bertz CT molecular complexity index is 133. The van der Waals surface area contributed by atoms with Gasteiger partial charge in [0.15, 0.2) is 0 Å². The van der Waals surface area contributed by atoms with Crippen LogP contribution in [-0.4, -0.2) is 30.4 Å². The van der Waals surface area contributed by atoms with E-state index in [4.69, 9.17) is 11.6 Å². The first-order chi connectivity index (χ1) is 8.35. The molecule has 0 N–H and O–H groups in total. The van der Waals surface area contributed by atoms with E-state index in [1.165, 1.54) is 70.9 Å². The summed E-state index contributed by atoms with van der Waals surface area (Å²) in [5.74, 6) is 0.775. The highest BCUT2D eigenvalue weighted by molar-refractivity contribution is 6.18. The van der Waals surface area contributed by atoms with Crippen LogP contribution in [0.5, 0.6) is 0 Å². The molecule has 0 amide bonds. The van der Waals surface area contributed by atoms with E-state index in [0.717, 1.165) is 12.4 Å². The lowest BCUT2D eigenvalue weighted by atomic mass is 10.1. The summed E-state index contributed by atoms with van der Waals surface area (Å²) in [6, 6.07) is 0. The third kappa shape index (κ3) is 12.5. The molecule has 0 radical (unpaired) electrons. The number of halogens is 1. The predicted molar refractivity (Wildman–Crippen MR) is 80.1 cm³/mol. The van der Waals surface area contributed by atoms with Gasteiger partial charge in [-0.05, 0) is 25.9 Å². The lowest BCUT2D eigenvalue weighted by Crippen LogP contribution is -2.27. The fraction of sp³-hybridized carbons (Fsp3) is 1.00. The van der Waals surface area contributed by atoms with Gasteiger partial charge in [-0.15, -0.1) is 11.6 Å². The maximum absolute atomic E-state index is 5.80. The average molecular weight is 262 g/mol. The Morgan fingerprint density at radius 3 is 1.76 bits per heavy atom. The topological polar surface area (TPSA) is 3.24 Å². The standard InChI is InChI=1S/C15H32ClN/c1-3-5-6-7-8-9-10-11-14-17(13-4-2)15-12-16/h3-15H2,1-2H3. The van der Waals surface area contributed by atoms with Gasteiger partial charge in [0.1, 0.15) is 0 Å². The van der Waals surface area contributed by atoms with Crippen molar-refractivity contribution in [1.29, 1.82) is 0 Å². The van der Waals surface area contributed by atoms with E-state index in [1.54, 1.807) is 0 Å². The lowest BCUT2D eigenvalue weighted by Gasteiger charge is -2.20. The minimum absolute atomic E-state index is 0.775. The van der Waals surface area contributed by atoms with E-state index >= 15 is 0 Å². The van der Waals surface area contributed by atoms with E-state index in [9.17, 15) is 0 Å². The second kappa shape index (κ2) is 14.3. The van der Waals surface area contributed by atoms with E-state index in [2.05, 4.69) is 18.7 Å². The monoisotopic (exact) mass is 261 g/mol. The molecule has 104 valence electrons. The number of hydrogen-bond acceptors (Lipinski definition) is 1. The Morgan fingerprint density at radius 2 is 1.24 bits per heavy atom. The Balaban J connectivity index is 3.23. The third-order valence-electron chi connectivity index (χ3n) is 3.27. The van der Waals surface area contributed by atoms with Crippen LogP contribution in [0, 0.1) is 0 Å². The molecule has 0 aromatic rings.